The Bertz CT molecular complexity index is 262. The molecule has 5 nitrogen and oxygen atoms in total. The van der Waals surface area contributed by atoms with Crippen molar-refractivity contribution in [3.8, 4) is 0 Å². The van der Waals surface area contributed by atoms with Crippen molar-refractivity contribution in [2.75, 3.05) is 0 Å². The van der Waals surface area contributed by atoms with Crippen LogP contribution in [0.2, 0.25) is 0 Å². The maximum Gasteiger partial charge on any atom is 0.373 e. The predicted octanol–water partition coefficient (Wildman–Crippen LogP) is 3.72. The molecule has 0 aromatic heterocycles. The Morgan fingerprint density at radius 2 is 1.68 bits per heavy atom. The summed E-state index contributed by atoms with van der Waals surface area (Å²) in [6, 6.07) is 0. The lowest BCUT2D eigenvalue weighted by Gasteiger charge is -2.22. The van der Waals surface area contributed by atoms with Crippen LogP contribution < -0.4 is 0 Å². The number of hydrogen-bond acceptors (Lipinski definition) is 5. The lowest BCUT2D eigenvalue weighted by Crippen LogP contribution is -2.30. The van der Waals surface area contributed by atoms with Crippen molar-refractivity contribution >= 4 is 5.97 Å². The van der Waals surface area contributed by atoms with Gasteiger partial charge in [0.2, 0.25) is 0 Å². The molecule has 1 atom stereocenters. The van der Waals surface area contributed by atoms with Gasteiger partial charge in [0.25, 0.3) is 0 Å². The van der Waals surface area contributed by atoms with Crippen LogP contribution in [0, 0.1) is 5.41 Å². The van der Waals surface area contributed by atoms with Crippen LogP contribution in [0.3, 0.4) is 0 Å². The summed E-state index contributed by atoms with van der Waals surface area (Å²) in [6.45, 7) is 12.0. The van der Waals surface area contributed by atoms with Crippen LogP contribution in [0.1, 0.15) is 67.2 Å². The summed E-state index contributed by atoms with van der Waals surface area (Å²) in [5, 5.41) is 8.44. The molecule has 0 radical (unpaired) electrons. The first kappa shape index (κ1) is 18.4. The van der Waals surface area contributed by atoms with Gasteiger partial charge in [-0.15, -0.1) is 0 Å². The molecule has 0 aromatic rings. The summed E-state index contributed by atoms with van der Waals surface area (Å²) in [5.74, 6) is -0.819. The van der Waals surface area contributed by atoms with Crippen molar-refractivity contribution in [1.29, 1.82) is 0 Å². The molecule has 19 heavy (non-hydrogen) atoms. The van der Waals surface area contributed by atoms with Gasteiger partial charge in [-0.3, -0.25) is 4.89 Å². The third kappa shape index (κ3) is 10.9. The topological polar surface area (TPSA) is 65.0 Å². The Morgan fingerprint density at radius 3 is 2.11 bits per heavy atom. The molecule has 0 fully saturated rings. The second-order valence-corrected chi connectivity index (χ2v) is 7.00. The van der Waals surface area contributed by atoms with Crippen molar-refractivity contribution in [2.24, 2.45) is 5.41 Å². The van der Waals surface area contributed by atoms with E-state index in [-0.39, 0.29) is 5.41 Å². The molecule has 0 aliphatic heterocycles. The molecule has 0 rings (SSSR count). The molecule has 0 saturated heterocycles. The van der Waals surface area contributed by atoms with E-state index in [0.717, 1.165) is 19.3 Å². The fraction of sp³-hybridized carbons (Fsp3) is 0.929. The zero-order chi connectivity index (χ0) is 15.1. The van der Waals surface area contributed by atoms with Gasteiger partial charge in [-0.05, 0) is 39.0 Å². The smallest absolute Gasteiger partial charge is 0.298 e. The molecular weight excluding hydrogens is 248 g/mol. The zero-order valence-corrected chi connectivity index (χ0v) is 13.0. The van der Waals surface area contributed by atoms with E-state index in [1.165, 1.54) is 0 Å². The summed E-state index contributed by atoms with van der Waals surface area (Å²) in [4.78, 5) is 25.2. The van der Waals surface area contributed by atoms with Gasteiger partial charge in [0.1, 0.15) is 0 Å². The molecule has 0 amide bonds. The predicted molar refractivity (Wildman–Crippen MR) is 72.4 cm³/mol. The van der Waals surface area contributed by atoms with Crippen LogP contribution in [0.25, 0.3) is 0 Å². The normalized spacial score (nSPS) is 14.3. The largest absolute Gasteiger partial charge is 0.373 e. The molecular formula is C14H28O5. The number of rotatable bonds is 7. The van der Waals surface area contributed by atoms with E-state index >= 15 is 0 Å². The lowest BCUT2D eigenvalue weighted by molar-refractivity contribution is -0.375. The summed E-state index contributed by atoms with van der Waals surface area (Å²) in [7, 11) is 0. The van der Waals surface area contributed by atoms with Crippen LogP contribution in [0.15, 0.2) is 0 Å². The fourth-order valence-electron chi connectivity index (χ4n) is 1.45. The molecule has 0 aliphatic carbocycles. The maximum absolute atomic E-state index is 11.3. The summed E-state index contributed by atoms with van der Waals surface area (Å²) in [5.41, 5.74) is -0.241. The number of hydrogen-bond donors (Lipinski definition) is 1. The molecule has 114 valence electrons. The molecule has 0 heterocycles. The highest BCUT2D eigenvalue weighted by atomic mass is 17.2. The summed E-state index contributed by atoms with van der Waals surface area (Å²) >= 11 is 0. The number of unbranched alkanes of at least 4 members (excludes halogenated alkanes) is 1. The van der Waals surface area contributed by atoms with Gasteiger partial charge >= 0.3 is 5.97 Å². The van der Waals surface area contributed by atoms with E-state index in [0.29, 0.717) is 6.42 Å². The van der Waals surface area contributed by atoms with Gasteiger partial charge < -0.3 is 0 Å². The third-order valence-corrected chi connectivity index (χ3v) is 2.41. The van der Waals surface area contributed by atoms with Crippen LogP contribution in [0.4, 0.5) is 0 Å². The number of carbonyl (C=O) groups excluding carboxylic acids is 1. The third-order valence-electron chi connectivity index (χ3n) is 2.41. The fourth-order valence-corrected chi connectivity index (χ4v) is 1.45. The van der Waals surface area contributed by atoms with E-state index in [1.54, 1.807) is 0 Å². The highest BCUT2D eigenvalue weighted by Gasteiger charge is 2.25. The second kappa shape index (κ2) is 7.82. The van der Waals surface area contributed by atoms with Gasteiger partial charge in [-0.1, -0.05) is 33.6 Å². The lowest BCUT2D eigenvalue weighted by atomic mass is 9.89. The van der Waals surface area contributed by atoms with Crippen molar-refractivity contribution in [3.63, 3.8) is 0 Å². The quantitative estimate of drug-likeness (QED) is 0.436. The van der Waals surface area contributed by atoms with Crippen LogP contribution in [-0.2, 0) is 19.5 Å². The highest BCUT2D eigenvalue weighted by molar-refractivity contribution is 5.73. The van der Waals surface area contributed by atoms with Crippen LogP contribution >= 0.6 is 0 Å². The van der Waals surface area contributed by atoms with Crippen molar-refractivity contribution in [1.82, 2.24) is 0 Å². The molecule has 1 N–H and O–H groups in total. The van der Waals surface area contributed by atoms with E-state index < -0.39 is 17.7 Å². The molecule has 0 spiro atoms. The summed E-state index contributed by atoms with van der Waals surface area (Å²) in [6.07, 6.45) is 2.44. The summed E-state index contributed by atoms with van der Waals surface area (Å²) < 4.78 is 0. The van der Waals surface area contributed by atoms with E-state index in [9.17, 15) is 4.79 Å². The Hall–Kier alpha value is -0.650. The van der Waals surface area contributed by atoms with E-state index in [1.807, 2.05) is 20.8 Å². The van der Waals surface area contributed by atoms with Crippen molar-refractivity contribution < 1.29 is 24.7 Å². The Labute approximate surface area is 116 Å². The SMILES string of the molecule is CC(C)(C)CCCCC(OOC(C)(C)C)C(=O)OO. The van der Waals surface area contributed by atoms with Crippen molar-refractivity contribution in [3.05, 3.63) is 0 Å². The Balaban J connectivity index is 4.11. The minimum absolute atomic E-state index is 0.274. The number of carbonyl (C=O) groups is 1. The first-order valence-corrected chi connectivity index (χ1v) is 6.75. The zero-order valence-electron chi connectivity index (χ0n) is 13.0. The van der Waals surface area contributed by atoms with Gasteiger partial charge in [-0.2, -0.15) is 5.26 Å². The molecule has 0 aromatic carbocycles. The van der Waals surface area contributed by atoms with Gasteiger partial charge in [0, 0.05) is 0 Å². The molecule has 5 heteroatoms. The second-order valence-electron chi connectivity index (χ2n) is 7.00. The minimum Gasteiger partial charge on any atom is -0.298 e. The molecule has 1 unspecified atom stereocenters. The Morgan fingerprint density at radius 1 is 1.11 bits per heavy atom. The first-order valence-electron chi connectivity index (χ1n) is 6.75. The van der Waals surface area contributed by atoms with Gasteiger partial charge in [-0.25, -0.2) is 14.6 Å². The van der Waals surface area contributed by atoms with Gasteiger partial charge in [0.05, 0.1) is 5.60 Å². The molecule has 0 aliphatic rings. The van der Waals surface area contributed by atoms with E-state index in [2.05, 4.69) is 25.7 Å². The molecule has 0 bridgehead atoms. The average Bonchev–Trinajstić information content (AvgIpc) is 2.24. The Kier molecular flexibility index (Phi) is 7.55. The van der Waals surface area contributed by atoms with Crippen LogP contribution in [0.5, 0.6) is 0 Å². The standard InChI is InChI=1S/C14H28O5/c1-13(2,3)10-8-7-9-11(12(15)17-16)18-19-14(4,5)6/h11,16H,7-10H2,1-6H3. The van der Waals surface area contributed by atoms with Crippen LogP contribution in [-0.4, -0.2) is 22.9 Å². The van der Waals surface area contributed by atoms with Gasteiger partial charge in [0.15, 0.2) is 6.10 Å². The monoisotopic (exact) mass is 276 g/mol. The van der Waals surface area contributed by atoms with Crippen molar-refractivity contribution in [2.45, 2.75) is 78.9 Å². The van der Waals surface area contributed by atoms with E-state index in [4.69, 9.17) is 15.0 Å². The average molecular weight is 276 g/mol. The highest BCUT2D eigenvalue weighted by Crippen LogP contribution is 2.23. The minimum atomic E-state index is -0.885. The first-order chi connectivity index (χ1) is 8.55. The molecule has 0 saturated carbocycles. The maximum atomic E-state index is 11.3.